The number of carbonyl (C=O) groups is 1. The first kappa shape index (κ1) is 19.8. The zero-order chi connectivity index (χ0) is 19.9. The smallest absolute Gasteiger partial charge is 0.230 e. The zero-order valence-corrected chi connectivity index (χ0v) is 16.1. The first-order valence-corrected chi connectivity index (χ1v) is 9.56. The molecule has 1 aliphatic rings. The van der Waals surface area contributed by atoms with Gasteiger partial charge in [-0.1, -0.05) is 66.7 Å². The van der Waals surface area contributed by atoms with Crippen molar-refractivity contribution in [1.29, 1.82) is 0 Å². The zero-order valence-electron chi connectivity index (χ0n) is 16.1. The van der Waals surface area contributed by atoms with E-state index in [1.165, 1.54) is 6.07 Å². The molecule has 1 amide bonds. The lowest BCUT2D eigenvalue weighted by atomic mass is 9.94. The van der Waals surface area contributed by atoms with Crippen molar-refractivity contribution in [3.8, 4) is 0 Å². The fraction of sp³-hybridized carbons (Fsp3) is 0.304. The first-order chi connectivity index (χ1) is 13.6. The average Bonchev–Trinajstić information content (AvgIpc) is 3.17. The number of carbonyl (C=O) groups excluding carboxylic acids is 1. The second-order valence-corrected chi connectivity index (χ2v) is 6.85. The van der Waals surface area contributed by atoms with Gasteiger partial charge in [-0.3, -0.25) is 4.79 Å². The van der Waals surface area contributed by atoms with Crippen LogP contribution in [0.2, 0.25) is 0 Å². The molecule has 0 fully saturated rings. The van der Waals surface area contributed by atoms with E-state index in [2.05, 4.69) is 11.7 Å². The number of amides is 1. The monoisotopic (exact) mass is 380 g/mol. The molecule has 2 aromatic carbocycles. The van der Waals surface area contributed by atoms with Crippen LogP contribution < -0.4 is 0 Å². The Hall–Kier alpha value is -2.95. The molecule has 0 aliphatic carbocycles. The van der Waals surface area contributed by atoms with E-state index >= 15 is 0 Å². The van der Waals surface area contributed by atoms with Crippen molar-refractivity contribution in [3.63, 3.8) is 0 Å². The first-order valence-electron chi connectivity index (χ1n) is 9.56. The van der Waals surface area contributed by atoms with Crippen LogP contribution in [0.3, 0.4) is 0 Å². The van der Waals surface area contributed by atoms with Crippen molar-refractivity contribution in [2.75, 3.05) is 13.1 Å². The van der Waals surface area contributed by atoms with Crippen molar-refractivity contribution in [2.45, 2.75) is 31.8 Å². The van der Waals surface area contributed by atoms with Gasteiger partial charge in [-0.2, -0.15) is 0 Å². The van der Waals surface area contributed by atoms with E-state index in [4.69, 9.17) is 4.84 Å². The fourth-order valence-corrected chi connectivity index (χ4v) is 3.50. The van der Waals surface area contributed by atoms with E-state index in [-0.39, 0.29) is 23.7 Å². The normalized spacial score (nSPS) is 16.8. The Morgan fingerprint density at radius 2 is 2.00 bits per heavy atom. The number of benzene rings is 2. The van der Waals surface area contributed by atoms with Gasteiger partial charge in [0.05, 0.1) is 18.2 Å². The maximum Gasteiger partial charge on any atom is 0.230 e. The summed E-state index contributed by atoms with van der Waals surface area (Å²) < 4.78 is 14.0. The Bertz CT molecular complexity index is 851. The van der Waals surface area contributed by atoms with Crippen LogP contribution in [-0.4, -0.2) is 35.7 Å². The molecule has 2 aromatic rings. The third kappa shape index (κ3) is 4.47. The second kappa shape index (κ2) is 9.31. The van der Waals surface area contributed by atoms with E-state index in [0.717, 1.165) is 5.56 Å². The van der Waals surface area contributed by atoms with Gasteiger partial charge in [0.15, 0.2) is 6.10 Å². The highest BCUT2D eigenvalue weighted by Crippen LogP contribution is 2.24. The number of hydrogen-bond acceptors (Lipinski definition) is 3. The molecule has 0 bridgehead atoms. The molecule has 1 aliphatic heterocycles. The summed E-state index contributed by atoms with van der Waals surface area (Å²) in [6.07, 6.45) is 2.58. The molecule has 0 spiro atoms. The largest absolute Gasteiger partial charge is 0.390 e. The van der Waals surface area contributed by atoms with Crippen molar-refractivity contribution in [3.05, 3.63) is 84.2 Å². The number of hydrogen-bond donors (Lipinski definition) is 0. The molecule has 5 heteroatoms. The van der Waals surface area contributed by atoms with E-state index in [1.54, 1.807) is 29.2 Å². The highest BCUT2D eigenvalue weighted by atomic mass is 19.1. The van der Waals surface area contributed by atoms with Gasteiger partial charge in [0.2, 0.25) is 5.91 Å². The van der Waals surface area contributed by atoms with Gasteiger partial charge in [0, 0.05) is 18.5 Å². The van der Waals surface area contributed by atoms with Crippen LogP contribution >= 0.6 is 0 Å². The minimum absolute atomic E-state index is 0.0385. The molecule has 3 rings (SSSR count). The Morgan fingerprint density at radius 3 is 2.68 bits per heavy atom. The van der Waals surface area contributed by atoms with Crippen molar-refractivity contribution in [2.24, 2.45) is 5.16 Å². The van der Waals surface area contributed by atoms with Crippen LogP contribution in [0, 0.1) is 5.82 Å². The summed E-state index contributed by atoms with van der Waals surface area (Å²) in [6, 6.07) is 16.3. The topological polar surface area (TPSA) is 41.9 Å². The third-order valence-electron chi connectivity index (χ3n) is 4.91. The summed E-state index contributed by atoms with van der Waals surface area (Å²) in [5.74, 6) is -0.495. The Kier molecular flexibility index (Phi) is 6.58. The van der Waals surface area contributed by atoms with Crippen molar-refractivity contribution in [1.82, 2.24) is 4.90 Å². The number of halogens is 1. The lowest BCUT2D eigenvalue weighted by Crippen LogP contribution is -2.40. The molecule has 4 nitrogen and oxygen atoms in total. The Morgan fingerprint density at radius 1 is 1.29 bits per heavy atom. The molecule has 0 saturated carbocycles. The summed E-state index contributed by atoms with van der Waals surface area (Å²) >= 11 is 0. The lowest BCUT2D eigenvalue weighted by molar-refractivity contribution is -0.134. The summed E-state index contributed by atoms with van der Waals surface area (Å²) in [7, 11) is 0. The number of oxime groups is 1. The van der Waals surface area contributed by atoms with Crippen LogP contribution in [0.4, 0.5) is 4.39 Å². The lowest BCUT2D eigenvalue weighted by Gasteiger charge is -2.27. The summed E-state index contributed by atoms with van der Waals surface area (Å²) in [5.41, 5.74) is 2.02. The molecule has 0 unspecified atom stereocenters. The predicted octanol–water partition coefficient (Wildman–Crippen LogP) is 4.53. The van der Waals surface area contributed by atoms with Crippen LogP contribution in [0.15, 0.2) is 72.4 Å². The van der Waals surface area contributed by atoms with Gasteiger partial charge in [-0.25, -0.2) is 4.39 Å². The van der Waals surface area contributed by atoms with Gasteiger partial charge >= 0.3 is 0 Å². The summed E-state index contributed by atoms with van der Waals surface area (Å²) in [5, 5.41) is 4.06. The number of rotatable bonds is 8. The number of nitrogens with zero attached hydrogens (tertiary/aromatic N) is 2. The molecule has 2 atom stereocenters. The van der Waals surface area contributed by atoms with Gasteiger partial charge in [-0.05, 0) is 18.1 Å². The van der Waals surface area contributed by atoms with Gasteiger partial charge in [0.1, 0.15) is 5.82 Å². The van der Waals surface area contributed by atoms with E-state index < -0.39 is 0 Å². The molecule has 0 saturated heterocycles. The quantitative estimate of drug-likeness (QED) is 0.632. The minimum Gasteiger partial charge on any atom is -0.390 e. The second-order valence-electron chi connectivity index (χ2n) is 6.85. The van der Waals surface area contributed by atoms with Crippen molar-refractivity contribution < 1.29 is 14.0 Å². The summed E-state index contributed by atoms with van der Waals surface area (Å²) in [4.78, 5) is 20.4. The molecule has 28 heavy (non-hydrogen) atoms. The maximum atomic E-state index is 14.0. The van der Waals surface area contributed by atoms with Crippen LogP contribution in [-0.2, 0) is 9.63 Å². The summed E-state index contributed by atoms with van der Waals surface area (Å²) in [6.45, 7) is 6.60. The molecule has 146 valence electrons. The Labute approximate surface area is 165 Å². The third-order valence-corrected chi connectivity index (χ3v) is 4.91. The predicted molar refractivity (Wildman–Crippen MR) is 109 cm³/mol. The van der Waals surface area contributed by atoms with Crippen molar-refractivity contribution >= 4 is 11.6 Å². The highest BCUT2D eigenvalue weighted by molar-refractivity contribution is 6.01. The van der Waals surface area contributed by atoms with Gasteiger partial charge in [0.25, 0.3) is 0 Å². The minimum atomic E-state index is -0.320. The SMILES string of the molecule is C=CCN(C[C@H]1CC(c2ccccc2F)=NO1)C(=O)[C@@H](CC)c1ccccc1. The average molecular weight is 380 g/mol. The van der Waals surface area contributed by atoms with E-state index in [1.807, 2.05) is 37.3 Å². The van der Waals surface area contributed by atoms with E-state index in [9.17, 15) is 9.18 Å². The molecule has 0 radical (unpaired) electrons. The molecule has 0 aromatic heterocycles. The van der Waals surface area contributed by atoms with Crippen LogP contribution in [0.25, 0.3) is 0 Å². The molecular weight excluding hydrogens is 355 g/mol. The molecule has 1 heterocycles. The fourth-order valence-electron chi connectivity index (χ4n) is 3.50. The van der Waals surface area contributed by atoms with Crippen LogP contribution in [0.1, 0.15) is 36.8 Å². The van der Waals surface area contributed by atoms with E-state index in [0.29, 0.717) is 37.2 Å². The Balaban J connectivity index is 1.69. The van der Waals surface area contributed by atoms with Gasteiger partial charge < -0.3 is 9.74 Å². The maximum absolute atomic E-state index is 14.0. The molecule has 0 N–H and O–H groups in total. The van der Waals surface area contributed by atoms with Crippen LogP contribution in [0.5, 0.6) is 0 Å². The highest BCUT2D eigenvalue weighted by Gasteiger charge is 2.30. The standard InChI is InChI=1S/C23H25FN2O2/c1-3-14-26(23(27)19(4-2)17-10-6-5-7-11-17)16-18-15-22(25-28-18)20-12-8-9-13-21(20)24/h3,5-13,18-19H,1,4,14-16H2,2H3/t18-,19+/m1/s1. The van der Waals surface area contributed by atoms with Gasteiger partial charge in [-0.15, -0.1) is 6.58 Å². The molecular formula is C23H25FN2O2.